The maximum absolute atomic E-state index is 12.4. The number of rotatable bonds is 11. The number of allylic oxidation sites excluding steroid dienone is 1. The summed E-state index contributed by atoms with van der Waals surface area (Å²) in [5, 5.41) is 4.67. The SMILES string of the molecule is CCC1=CC(C)=NC1.CCc1cc(C)nn1CC(=O)c1ccc(OC)c(OC)c1.COc1ccc(C(=O)CBr)cc1OC.O=C=O.O=C=O. The Balaban J connectivity index is 0.000000705. The predicted molar refractivity (Wildman–Crippen MR) is 184 cm³/mol. The fourth-order valence-electron chi connectivity index (χ4n) is 4.17. The van der Waals surface area contributed by atoms with Crippen molar-refractivity contribution in [1.82, 2.24) is 9.78 Å². The van der Waals surface area contributed by atoms with Gasteiger partial charge >= 0.3 is 12.3 Å². The quantitative estimate of drug-likeness (QED) is 0.178. The standard InChI is InChI=1S/C16H20N2O3.C10H11BrO3.C7H11N.2CO2/c1-5-13-8-11(2)17-18(13)10-14(19)12-6-7-15(20-3)16(9-12)21-4;1-13-9-4-3-7(8(12)6-11)5-10(9)14-2;1-3-7-4-6(2)8-5-7;2*2-1-3/h6-9H,5,10H2,1-4H3;3-5H,6H2,1-2H3;4H,3,5H2,1-2H3;;. The first-order chi connectivity index (χ1) is 23.5. The third-order valence-corrected chi connectivity index (χ3v) is 7.08. The van der Waals surface area contributed by atoms with Gasteiger partial charge in [-0.05, 0) is 80.8 Å². The number of halogens is 1. The van der Waals surface area contributed by atoms with Gasteiger partial charge in [-0.2, -0.15) is 24.3 Å². The molecule has 1 aromatic heterocycles. The van der Waals surface area contributed by atoms with Gasteiger partial charge in [-0.1, -0.05) is 29.8 Å². The van der Waals surface area contributed by atoms with E-state index in [0.717, 1.165) is 30.8 Å². The van der Waals surface area contributed by atoms with E-state index in [-0.39, 0.29) is 30.4 Å². The Morgan fingerprint density at radius 2 is 1.22 bits per heavy atom. The van der Waals surface area contributed by atoms with Crippen molar-refractivity contribution in [3.05, 3.63) is 76.6 Å². The summed E-state index contributed by atoms with van der Waals surface area (Å²) in [6.45, 7) is 9.36. The molecule has 4 rings (SSSR count). The lowest BCUT2D eigenvalue weighted by Gasteiger charge is -2.10. The average molecular weight is 745 g/mol. The van der Waals surface area contributed by atoms with Crippen LogP contribution in [0.1, 0.15) is 59.3 Å². The summed E-state index contributed by atoms with van der Waals surface area (Å²) in [5.74, 6) is 2.37. The molecule has 1 aliphatic rings. The van der Waals surface area contributed by atoms with Crippen LogP contribution in [-0.2, 0) is 32.1 Å². The number of ketones is 2. The van der Waals surface area contributed by atoms with Crippen LogP contribution in [0.2, 0.25) is 0 Å². The monoisotopic (exact) mass is 743 g/mol. The normalized spacial score (nSPS) is 10.6. The molecule has 0 fully saturated rings. The molecule has 0 amide bonds. The van der Waals surface area contributed by atoms with E-state index in [1.165, 1.54) is 11.3 Å². The minimum Gasteiger partial charge on any atom is -0.493 e. The van der Waals surface area contributed by atoms with Crippen LogP contribution in [0.4, 0.5) is 0 Å². The number of carbonyl (C=O) groups is 2. The molecule has 0 saturated carbocycles. The average Bonchev–Trinajstić information content (AvgIpc) is 3.71. The summed E-state index contributed by atoms with van der Waals surface area (Å²) < 4.78 is 22.3. The van der Waals surface area contributed by atoms with E-state index in [0.29, 0.717) is 39.5 Å². The van der Waals surface area contributed by atoms with Crippen molar-refractivity contribution in [2.24, 2.45) is 4.99 Å². The first kappa shape index (κ1) is 43.8. The number of aromatic nitrogens is 2. The predicted octanol–water partition coefficient (Wildman–Crippen LogP) is 5.57. The van der Waals surface area contributed by atoms with E-state index < -0.39 is 0 Å². The van der Waals surface area contributed by atoms with Crippen molar-refractivity contribution in [2.45, 2.75) is 47.1 Å². The van der Waals surface area contributed by atoms with Crippen molar-refractivity contribution in [2.75, 3.05) is 40.3 Å². The van der Waals surface area contributed by atoms with E-state index in [9.17, 15) is 9.59 Å². The lowest BCUT2D eigenvalue weighted by molar-refractivity contribution is -0.193. The molecular formula is C35H42BrN3O10. The molecule has 49 heavy (non-hydrogen) atoms. The van der Waals surface area contributed by atoms with Crippen LogP contribution in [-0.4, -0.2) is 79.7 Å². The summed E-state index contributed by atoms with van der Waals surface area (Å²) >= 11 is 3.11. The molecule has 0 spiro atoms. The van der Waals surface area contributed by atoms with Crippen LogP contribution < -0.4 is 18.9 Å². The smallest absolute Gasteiger partial charge is 0.373 e. The lowest BCUT2D eigenvalue weighted by Crippen LogP contribution is -2.14. The number of alkyl halides is 1. The molecule has 0 N–H and O–H groups in total. The number of nitrogens with zero attached hydrogens (tertiary/aromatic N) is 3. The van der Waals surface area contributed by atoms with Gasteiger partial charge in [0.05, 0.1) is 46.0 Å². The van der Waals surface area contributed by atoms with Gasteiger partial charge in [-0.3, -0.25) is 19.3 Å². The molecule has 2 aromatic carbocycles. The number of benzene rings is 2. The minimum absolute atomic E-state index is 0.00578. The highest BCUT2D eigenvalue weighted by molar-refractivity contribution is 9.09. The summed E-state index contributed by atoms with van der Waals surface area (Å²) in [4.78, 5) is 60.5. The van der Waals surface area contributed by atoms with Gasteiger partial charge in [0.25, 0.3) is 0 Å². The second-order valence-corrected chi connectivity index (χ2v) is 10.2. The van der Waals surface area contributed by atoms with Crippen LogP contribution in [0.15, 0.2) is 59.1 Å². The molecule has 13 nitrogen and oxygen atoms in total. The van der Waals surface area contributed by atoms with E-state index in [1.807, 2.05) is 26.8 Å². The van der Waals surface area contributed by atoms with Crippen LogP contribution in [0.5, 0.6) is 23.0 Å². The fourth-order valence-corrected chi connectivity index (χ4v) is 4.49. The second-order valence-electron chi connectivity index (χ2n) is 9.69. The molecule has 0 unspecified atom stereocenters. The maximum atomic E-state index is 12.4. The molecule has 264 valence electrons. The number of Topliss-reactive ketones (excluding diaryl/α,β-unsaturated/α-hetero) is 2. The number of hydrogen-bond acceptors (Lipinski definition) is 12. The Morgan fingerprint density at radius 3 is 1.57 bits per heavy atom. The minimum atomic E-state index is -0.00578. The molecule has 0 radical (unpaired) electrons. The zero-order chi connectivity index (χ0) is 37.4. The fraction of sp³-hybridized carbons (Fsp3) is 0.371. The van der Waals surface area contributed by atoms with E-state index in [1.54, 1.807) is 69.5 Å². The van der Waals surface area contributed by atoms with Gasteiger partial charge in [-0.15, -0.1) is 0 Å². The molecule has 0 saturated heterocycles. The molecule has 0 aliphatic carbocycles. The van der Waals surface area contributed by atoms with Gasteiger partial charge in [0.15, 0.2) is 34.6 Å². The second kappa shape index (κ2) is 24.9. The summed E-state index contributed by atoms with van der Waals surface area (Å²) in [5.41, 5.74) is 5.82. The topological polar surface area (TPSA) is 170 Å². The van der Waals surface area contributed by atoms with E-state index in [4.69, 9.17) is 38.1 Å². The van der Waals surface area contributed by atoms with Crippen molar-refractivity contribution in [3.8, 4) is 23.0 Å². The summed E-state index contributed by atoms with van der Waals surface area (Å²) in [6.07, 6.45) is 4.67. The van der Waals surface area contributed by atoms with Gasteiger partial charge in [0, 0.05) is 22.5 Å². The maximum Gasteiger partial charge on any atom is 0.373 e. The lowest BCUT2D eigenvalue weighted by atomic mass is 10.1. The summed E-state index contributed by atoms with van der Waals surface area (Å²) in [6, 6.07) is 12.3. The van der Waals surface area contributed by atoms with Crippen molar-refractivity contribution < 1.29 is 47.7 Å². The van der Waals surface area contributed by atoms with Crippen molar-refractivity contribution in [1.29, 1.82) is 0 Å². The molecular weight excluding hydrogens is 702 g/mol. The van der Waals surface area contributed by atoms with Gasteiger partial charge in [-0.25, -0.2) is 0 Å². The van der Waals surface area contributed by atoms with Gasteiger partial charge in [0.1, 0.15) is 6.54 Å². The Labute approximate surface area is 294 Å². The van der Waals surface area contributed by atoms with Crippen LogP contribution in [0, 0.1) is 6.92 Å². The molecule has 0 atom stereocenters. The number of methoxy groups -OCH3 is 4. The first-order valence-electron chi connectivity index (χ1n) is 14.8. The number of hydrogen-bond donors (Lipinski definition) is 0. The zero-order valence-corrected chi connectivity index (χ0v) is 30.5. The number of aliphatic imine (C=N–C) groups is 1. The first-order valence-corrected chi connectivity index (χ1v) is 15.9. The van der Waals surface area contributed by atoms with Crippen molar-refractivity contribution >= 4 is 45.5 Å². The van der Waals surface area contributed by atoms with Crippen molar-refractivity contribution in [3.63, 3.8) is 0 Å². The Kier molecular flexibility index (Phi) is 22.3. The highest BCUT2D eigenvalue weighted by atomic mass is 79.9. The number of carbonyl (C=O) groups excluding carboxylic acids is 6. The number of aryl methyl sites for hydroxylation is 2. The van der Waals surface area contributed by atoms with Gasteiger partial charge in [0.2, 0.25) is 0 Å². The zero-order valence-electron chi connectivity index (χ0n) is 29.0. The van der Waals surface area contributed by atoms with E-state index >= 15 is 0 Å². The molecule has 14 heteroatoms. The highest BCUT2D eigenvalue weighted by Crippen LogP contribution is 2.28. The van der Waals surface area contributed by atoms with Crippen LogP contribution >= 0.6 is 15.9 Å². The molecule has 3 aromatic rings. The Hall–Kier alpha value is -5.16. The Bertz CT molecular complexity index is 1620. The molecule has 0 bridgehead atoms. The number of ether oxygens (including phenoxy) is 4. The molecule has 2 heterocycles. The van der Waals surface area contributed by atoms with Crippen LogP contribution in [0.3, 0.4) is 0 Å². The van der Waals surface area contributed by atoms with Gasteiger partial charge < -0.3 is 18.9 Å². The van der Waals surface area contributed by atoms with Crippen LogP contribution in [0.25, 0.3) is 0 Å². The molecule has 1 aliphatic heterocycles. The highest BCUT2D eigenvalue weighted by Gasteiger charge is 2.14. The third-order valence-electron chi connectivity index (χ3n) is 6.57. The summed E-state index contributed by atoms with van der Waals surface area (Å²) in [7, 11) is 6.22. The Morgan fingerprint density at radius 1 is 0.755 bits per heavy atom. The third kappa shape index (κ3) is 15.5. The van der Waals surface area contributed by atoms with E-state index in [2.05, 4.69) is 39.0 Å². The largest absolute Gasteiger partial charge is 0.493 e.